The summed E-state index contributed by atoms with van der Waals surface area (Å²) >= 11 is 0. The van der Waals surface area contributed by atoms with E-state index in [1.165, 1.54) is 6.07 Å². The fourth-order valence-electron chi connectivity index (χ4n) is 1.28. The normalized spacial score (nSPS) is 10.0. The molecule has 4 nitrogen and oxygen atoms in total. The van der Waals surface area contributed by atoms with Crippen molar-refractivity contribution in [1.82, 2.24) is 0 Å². The molecule has 0 aromatic heterocycles. The lowest BCUT2D eigenvalue weighted by Crippen LogP contribution is -2.12. The van der Waals surface area contributed by atoms with E-state index in [1.807, 2.05) is 20.8 Å². The first-order valence-corrected chi connectivity index (χ1v) is 6.60. The van der Waals surface area contributed by atoms with E-state index in [0.717, 1.165) is 11.8 Å². The summed E-state index contributed by atoms with van der Waals surface area (Å²) in [7, 11) is 1.70. The Kier molecular flexibility index (Phi) is 8.48. The fraction of sp³-hybridized carbons (Fsp3) is 0.500. The van der Waals surface area contributed by atoms with Crippen molar-refractivity contribution in [2.75, 3.05) is 7.11 Å². The van der Waals surface area contributed by atoms with E-state index in [0.29, 0.717) is 17.2 Å². The van der Waals surface area contributed by atoms with Crippen LogP contribution in [0.1, 0.15) is 54.0 Å². The highest BCUT2D eigenvalue weighted by molar-refractivity contribution is 5.92. The molecule has 0 amide bonds. The van der Waals surface area contributed by atoms with Crippen LogP contribution in [0.25, 0.3) is 0 Å². The molecule has 112 valence electrons. The Balaban J connectivity index is 0.000000621. The predicted octanol–water partition coefficient (Wildman–Crippen LogP) is 3.41. The molecule has 0 fully saturated rings. The summed E-state index contributed by atoms with van der Waals surface area (Å²) in [6.07, 6.45) is 0.951. The highest BCUT2D eigenvalue weighted by atomic mass is 16.5. The topological polar surface area (TPSA) is 52.6 Å². The second kappa shape index (κ2) is 9.26. The van der Waals surface area contributed by atoms with Crippen LogP contribution in [0.2, 0.25) is 0 Å². The number of methoxy groups -OCH3 is 1. The molecule has 4 heteroatoms. The number of aldehydes is 1. The lowest BCUT2D eigenvalue weighted by atomic mass is 10.1. The molecule has 1 aromatic rings. The third-order valence-corrected chi connectivity index (χ3v) is 2.29. The van der Waals surface area contributed by atoms with Gasteiger partial charge in [-0.25, -0.2) is 4.79 Å². The predicted molar refractivity (Wildman–Crippen MR) is 79.3 cm³/mol. The summed E-state index contributed by atoms with van der Waals surface area (Å²) in [4.78, 5) is 22.1. The molecular weight excluding hydrogens is 256 g/mol. The Bertz CT molecular complexity index is 436. The minimum absolute atomic E-state index is 0.155. The SMILES string of the molecule is COC(C)C.Cc1cc(C=O)cc(C(=O)OC(C)C)c1. The van der Waals surface area contributed by atoms with E-state index in [-0.39, 0.29) is 6.10 Å². The van der Waals surface area contributed by atoms with Gasteiger partial charge in [-0.1, -0.05) is 0 Å². The Morgan fingerprint density at radius 2 is 1.65 bits per heavy atom. The van der Waals surface area contributed by atoms with Crippen LogP contribution in [0, 0.1) is 6.92 Å². The number of benzene rings is 1. The summed E-state index contributed by atoms with van der Waals surface area (Å²) in [6.45, 7) is 9.40. The van der Waals surface area contributed by atoms with Gasteiger partial charge in [-0.2, -0.15) is 0 Å². The first-order chi connectivity index (χ1) is 9.29. The third kappa shape index (κ3) is 7.69. The van der Waals surface area contributed by atoms with Gasteiger partial charge in [0, 0.05) is 12.7 Å². The Morgan fingerprint density at radius 1 is 1.10 bits per heavy atom. The molecule has 0 aliphatic rings. The Morgan fingerprint density at radius 3 is 2.05 bits per heavy atom. The van der Waals surface area contributed by atoms with E-state index in [2.05, 4.69) is 0 Å². The second-order valence-corrected chi connectivity index (χ2v) is 4.99. The summed E-state index contributed by atoms with van der Waals surface area (Å²) in [5.41, 5.74) is 1.78. The number of hydrogen-bond donors (Lipinski definition) is 0. The molecule has 0 spiro atoms. The second-order valence-electron chi connectivity index (χ2n) is 4.99. The third-order valence-electron chi connectivity index (χ3n) is 2.29. The molecule has 0 heterocycles. The fourth-order valence-corrected chi connectivity index (χ4v) is 1.28. The van der Waals surface area contributed by atoms with Crippen molar-refractivity contribution < 1.29 is 19.1 Å². The van der Waals surface area contributed by atoms with Crippen molar-refractivity contribution in [2.45, 2.75) is 46.8 Å². The standard InChI is InChI=1S/C12H14O3.C4H10O/c1-8(2)15-12(14)11-5-9(3)4-10(6-11)7-13;1-4(2)5-3/h4-8H,1-3H3;4H,1-3H3. The molecular formula is C16H24O4. The van der Waals surface area contributed by atoms with Gasteiger partial charge in [0.2, 0.25) is 0 Å². The quantitative estimate of drug-likeness (QED) is 0.626. The van der Waals surface area contributed by atoms with Gasteiger partial charge < -0.3 is 9.47 Å². The molecule has 0 saturated heterocycles. The van der Waals surface area contributed by atoms with E-state index < -0.39 is 5.97 Å². The number of rotatable bonds is 4. The smallest absolute Gasteiger partial charge is 0.338 e. The van der Waals surface area contributed by atoms with Crippen molar-refractivity contribution in [1.29, 1.82) is 0 Å². The molecule has 0 radical (unpaired) electrons. The molecule has 0 N–H and O–H groups in total. The van der Waals surface area contributed by atoms with Crippen molar-refractivity contribution in [2.24, 2.45) is 0 Å². The Labute approximate surface area is 121 Å². The first-order valence-electron chi connectivity index (χ1n) is 6.60. The van der Waals surface area contributed by atoms with Crippen LogP contribution in [0.15, 0.2) is 18.2 Å². The van der Waals surface area contributed by atoms with Gasteiger partial charge in [0.25, 0.3) is 0 Å². The summed E-state index contributed by atoms with van der Waals surface area (Å²) < 4.78 is 9.79. The zero-order chi connectivity index (χ0) is 15.7. The molecule has 0 atom stereocenters. The molecule has 20 heavy (non-hydrogen) atoms. The van der Waals surface area contributed by atoms with Crippen LogP contribution in [0.5, 0.6) is 0 Å². The van der Waals surface area contributed by atoms with Gasteiger partial charge in [0.1, 0.15) is 6.29 Å². The number of aryl methyl sites for hydroxylation is 1. The lowest BCUT2D eigenvalue weighted by molar-refractivity contribution is 0.0378. The van der Waals surface area contributed by atoms with Crippen molar-refractivity contribution in [3.8, 4) is 0 Å². The number of carbonyl (C=O) groups is 2. The van der Waals surface area contributed by atoms with Gasteiger partial charge in [-0.15, -0.1) is 0 Å². The van der Waals surface area contributed by atoms with Crippen molar-refractivity contribution >= 4 is 12.3 Å². The van der Waals surface area contributed by atoms with Crippen molar-refractivity contribution in [3.63, 3.8) is 0 Å². The number of esters is 1. The van der Waals surface area contributed by atoms with Gasteiger partial charge in [0.15, 0.2) is 0 Å². The largest absolute Gasteiger partial charge is 0.459 e. The van der Waals surface area contributed by atoms with Crippen LogP contribution in [0.3, 0.4) is 0 Å². The van der Waals surface area contributed by atoms with Gasteiger partial charge in [0.05, 0.1) is 17.8 Å². The van der Waals surface area contributed by atoms with E-state index in [1.54, 1.807) is 33.1 Å². The van der Waals surface area contributed by atoms with Crippen LogP contribution in [-0.4, -0.2) is 31.6 Å². The number of carbonyl (C=O) groups excluding carboxylic acids is 2. The molecule has 0 aliphatic carbocycles. The minimum atomic E-state index is -0.392. The van der Waals surface area contributed by atoms with Gasteiger partial charge in [-0.3, -0.25) is 4.79 Å². The maximum absolute atomic E-state index is 11.5. The van der Waals surface area contributed by atoms with E-state index in [9.17, 15) is 9.59 Å². The molecule has 0 saturated carbocycles. The zero-order valence-electron chi connectivity index (χ0n) is 13.1. The monoisotopic (exact) mass is 280 g/mol. The molecule has 1 aromatic carbocycles. The molecule has 0 unspecified atom stereocenters. The van der Waals surface area contributed by atoms with Crippen LogP contribution < -0.4 is 0 Å². The number of hydrogen-bond acceptors (Lipinski definition) is 4. The summed E-state index contributed by atoms with van der Waals surface area (Å²) in [6, 6.07) is 4.96. The minimum Gasteiger partial charge on any atom is -0.459 e. The zero-order valence-corrected chi connectivity index (χ0v) is 13.1. The molecule has 0 bridgehead atoms. The Hall–Kier alpha value is -1.68. The molecule has 1 rings (SSSR count). The maximum Gasteiger partial charge on any atom is 0.338 e. The van der Waals surface area contributed by atoms with Crippen LogP contribution in [0.4, 0.5) is 0 Å². The van der Waals surface area contributed by atoms with E-state index in [4.69, 9.17) is 9.47 Å². The summed E-state index contributed by atoms with van der Waals surface area (Å²) in [5.74, 6) is -0.392. The van der Waals surface area contributed by atoms with Crippen LogP contribution in [-0.2, 0) is 9.47 Å². The first kappa shape index (κ1) is 18.3. The average Bonchev–Trinajstić information content (AvgIpc) is 2.37. The van der Waals surface area contributed by atoms with E-state index >= 15 is 0 Å². The van der Waals surface area contributed by atoms with Gasteiger partial charge in [-0.05, 0) is 58.4 Å². The van der Waals surface area contributed by atoms with Crippen molar-refractivity contribution in [3.05, 3.63) is 34.9 Å². The highest BCUT2D eigenvalue weighted by Gasteiger charge is 2.10. The maximum atomic E-state index is 11.5. The highest BCUT2D eigenvalue weighted by Crippen LogP contribution is 2.10. The van der Waals surface area contributed by atoms with Crippen LogP contribution >= 0.6 is 0 Å². The lowest BCUT2D eigenvalue weighted by Gasteiger charge is -2.08. The average molecular weight is 280 g/mol. The summed E-state index contributed by atoms with van der Waals surface area (Å²) in [5, 5.41) is 0. The molecule has 0 aliphatic heterocycles. The van der Waals surface area contributed by atoms with Gasteiger partial charge >= 0.3 is 5.97 Å². The number of ether oxygens (including phenoxy) is 2.